The molecule has 0 saturated carbocycles. The molecule has 1 aliphatic carbocycles. The van der Waals surface area contributed by atoms with E-state index in [0.29, 0.717) is 30.1 Å². The van der Waals surface area contributed by atoms with Gasteiger partial charge in [0.05, 0.1) is 29.5 Å². The van der Waals surface area contributed by atoms with E-state index < -0.39 is 0 Å². The molecule has 9 heteroatoms. The van der Waals surface area contributed by atoms with E-state index in [1.807, 2.05) is 32.0 Å². The molecule has 37 heavy (non-hydrogen) atoms. The Morgan fingerprint density at radius 3 is 2.54 bits per heavy atom. The normalized spacial score (nSPS) is 12.3. The third-order valence-corrected chi connectivity index (χ3v) is 6.75. The van der Waals surface area contributed by atoms with E-state index in [1.54, 1.807) is 34.7 Å². The van der Waals surface area contributed by atoms with Crippen molar-refractivity contribution in [2.24, 2.45) is 7.05 Å². The fourth-order valence-electron chi connectivity index (χ4n) is 4.56. The van der Waals surface area contributed by atoms with Crippen molar-refractivity contribution in [2.45, 2.75) is 46.3 Å². The average Bonchev–Trinajstić information content (AvgIpc) is 3.62. The van der Waals surface area contributed by atoms with E-state index in [2.05, 4.69) is 33.0 Å². The molecule has 0 aliphatic heterocycles. The number of hydrogen-bond donors (Lipinski definition) is 2. The number of ether oxygens (including phenoxy) is 1. The lowest BCUT2D eigenvalue weighted by atomic mass is 10.1. The first-order valence-electron chi connectivity index (χ1n) is 12.4. The molecule has 5 rings (SSSR count). The van der Waals surface area contributed by atoms with Gasteiger partial charge in [0, 0.05) is 19.2 Å². The molecule has 0 fully saturated rings. The largest absolute Gasteiger partial charge is 0.489 e. The number of nitrogens with zero attached hydrogens (tertiary/aromatic N) is 4. The number of benzene rings is 2. The molecule has 4 aromatic rings. The summed E-state index contributed by atoms with van der Waals surface area (Å²) in [5, 5.41) is 14.2. The van der Waals surface area contributed by atoms with Crippen LogP contribution in [0.15, 0.2) is 54.9 Å². The Kier molecular flexibility index (Phi) is 6.76. The first-order chi connectivity index (χ1) is 17.9. The van der Waals surface area contributed by atoms with Gasteiger partial charge in [0.2, 0.25) is 0 Å². The highest BCUT2D eigenvalue weighted by Crippen LogP contribution is 2.27. The van der Waals surface area contributed by atoms with Gasteiger partial charge >= 0.3 is 0 Å². The van der Waals surface area contributed by atoms with Crippen LogP contribution in [0.2, 0.25) is 0 Å². The lowest BCUT2D eigenvalue weighted by Crippen LogP contribution is -2.21. The third kappa shape index (κ3) is 5.11. The van der Waals surface area contributed by atoms with Crippen LogP contribution in [0.3, 0.4) is 0 Å². The summed E-state index contributed by atoms with van der Waals surface area (Å²) < 4.78 is 9.23. The van der Waals surface area contributed by atoms with Gasteiger partial charge in [0.25, 0.3) is 11.8 Å². The lowest BCUT2D eigenvalue weighted by Gasteiger charge is -2.11. The average molecular weight is 499 g/mol. The monoisotopic (exact) mass is 498 g/mol. The van der Waals surface area contributed by atoms with Crippen LogP contribution in [0.4, 0.5) is 11.4 Å². The van der Waals surface area contributed by atoms with Gasteiger partial charge < -0.3 is 15.4 Å². The molecule has 0 spiro atoms. The van der Waals surface area contributed by atoms with Crippen LogP contribution in [0.1, 0.15) is 56.6 Å². The van der Waals surface area contributed by atoms with Crippen LogP contribution in [-0.4, -0.2) is 31.4 Å². The van der Waals surface area contributed by atoms with Gasteiger partial charge in [-0.05, 0) is 74.1 Å². The van der Waals surface area contributed by atoms with Gasteiger partial charge in [0.1, 0.15) is 18.1 Å². The fraction of sp³-hybridized carbons (Fsp3) is 0.286. The summed E-state index contributed by atoms with van der Waals surface area (Å²) in [5.74, 6) is 0.130. The van der Waals surface area contributed by atoms with Crippen molar-refractivity contribution < 1.29 is 14.3 Å². The van der Waals surface area contributed by atoms with E-state index in [0.717, 1.165) is 29.8 Å². The SMILES string of the molecule is CCn1ncc(NC(=O)c2cccc(COc3ccc4c(c3)CCC4)c2)c1C(=O)Nc1cnn(C)c1C. The molecule has 190 valence electrons. The predicted octanol–water partition coefficient (Wildman–Crippen LogP) is 4.52. The van der Waals surface area contributed by atoms with Gasteiger partial charge in [-0.25, -0.2) is 0 Å². The number of amides is 2. The van der Waals surface area contributed by atoms with Crippen molar-refractivity contribution in [3.8, 4) is 5.75 Å². The second-order valence-corrected chi connectivity index (χ2v) is 9.17. The number of carbonyl (C=O) groups excluding carboxylic acids is 2. The van der Waals surface area contributed by atoms with Crippen LogP contribution >= 0.6 is 0 Å². The van der Waals surface area contributed by atoms with E-state index >= 15 is 0 Å². The third-order valence-electron chi connectivity index (χ3n) is 6.75. The van der Waals surface area contributed by atoms with Crippen LogP contribution in [-0.2, 0) is 33.0 Å². The Morgan fingerprint density at radius 1 is 0.973 bits per heavy atom. The molecule has 0 radical (unpaired) electrons. The number of aromatic nitrogens is 4. The molecule has 2 aromatic carbocycles. The number of aryl methyl sites for hydroxylation is 4. The fourth-order valence-corrected chi connectivity index (χ4v) is 4.56. The first-order valence-corrected chi connectivity index (χ1v) is 12.4. The molecule has 0 saturated heterocycles. The quantitative estimate of drug-likeness (QED) is 0.372. The van der Waals surface area contributed by atoms with Gasteiger partial charge in [-0.15, -0.1) is 0 Å². The standard InChI is InChI=1S/C28H30N6O3/c1-4-34-26(28(36)31-24-15-29-33(3)18(24)2)25(16-30-34)32-27(35)22-10-5-7-19(13-22)17-37-23-12-11-20-8-6-9-21(20)14-23/h5,7,10-16H,4,6,8-9,17H2,1-3H3,(H,31,36)(H,32,35). The summed E-state index contributed by atoms with van der Waals surface area (Å²) in [4.78, 5) is 26.2. The van der Waals surface area contributed by atoms with Gasteiger partial charge in [-0.1, -0.05) is 18.2 Å². The Hall–Kier alpha value is -4.40. The summed E-state index contributed by atoms with van der Waals surface area (Å²) in [6.45, 7) is 4.57. The van der Waals surface area contributed by atoms with Crippen LogP contribution < -0.4 is 15.4 Å². The molecule has 2 aromatic heterocycles. The molecular formula is C28H30N6O3. The maximum absolute atomic E-state index is 13.1. The van der Waals surface area contributed by atoms with Crippen LogP contribution in [0.5, 0.6) is 5.75 Å². The van der Waals surface area contributed by atoms with Crippen molar-refractivity contribution in [1.29, 1.82) is 0 Å². The zero-order valence-corrected chi connectivity index (χ0v) is 21.2. The number of nitrogens with one attached hydrogen (secondary N) is 2. The van der Waals surface area contributed by atoms with Crippen molar-refractivity contribution in [3.63, 3.8) is 0 Å². The minimum atomic E-state index is -0.373. The second-order valence-electron chi connectivity index (χ2n) is 9.17. The molecular weight excluding hydrogens is 468 g/mol. The van der Waals surface area contributed by atoms with E-state index in [9.17, 15) is 9.59 Å². The minimum absolute atomic E-state index is 0.273. The second kappa shape index (κ2) is 10.3. The molecule has 0 bridgehead atoms. The highest BCUT2D eigenvalue weighted by molar-refractivity contribution is 6.11. The van der Waals surface area contributed by atoms with Gasteiger partial charge in [-0.3, -0.25) is 19.0 Å². The van der Waals surface area contributed by atoms with Crippen molar-refractivity contribution >= 4 is 23.2 Å². The zero-order valence-electron chi connectivity index (χ0n) is 21.2. The molecule has 9 nitrogen and oxygen atoms in total. The van der Waals surface area contributed by atoms with Crippen molar-refractivity contribution in [3.05, 3.63) is 88.5 Å². The molecule has 2 N–H and O–H groups in total. The molecule has 2 amide bonds. The number of carbonyl (C=O) groups is 2. The van der Waals surface area contributed by atoms with Crippen LogP contribution in [0, 0.1) is 6.92 Å². The van der Waals surface area contributed by atoms with Crippen molar-refractivity contribution in [1.82, 2.24) is 19.6 Å². The topological polar surface area (TPSA) is 103 Å². The minimum Gasteiger partial charge on any atom is -0.489 e. The number of anilines is 2. The highest BCUT2D eigenvalue weighted by atomic mass is 16.5. The van der Waals surface area contributed by atoms with Crippen molar-refractivity contribution in [2.75, 3.05) is 10.6 Å². The van der Waals surface area contributed by atoms with E-state index in [-0.39, 0.29) is 17.5 Å². The number of fused-ring (bicyclic) bond motifs is 1. The summed E-state index contributed by atoms with van der Waals surface area (Å²) >= 11 is 0. The summed E-state index contributed by atoms with van der Waals surface area (Å²) in [7, 11) is 1.80. The van der Waals surface area contributed by atoms with E-state index in [1.165, 1.54) is 23.7 Å². The molecule has 1 aliphatic rings. The maximum Gasteiger partial charge on any atom is 0.276 e. The molecule has 2 heterocycles. The predicted molar refractivity (Wildman–Crippen MR) is 141 cm³/mol. The molecule has 0 unspecified atom stereocenters. The Bertz CT molecular complexity index is 1470. The number of hydrogen-bond acceptors (Lipinski definition) is 5. The smallest absolute Gasteiger partial charge is 0.276 e. The van der Waals surface area contributed by atoms with Gasteiger partial charge in [-0.2, -0.15) is 10.2 Å². The number of rotatable bonds is 8. The summed E-state index contributed by atoms with van der Waals surface area (Å²) in [6, 6.07) is 13.5. The Morgan fingerprint density at radius 2 is 1.76 bits per heavy atom. The summed E-state index contributed by atoms with van der Waals surface area (Å²) in [5.41, 5.74) is 6.14. The highest BCUT2D eigenvalue weighted by Gasteiger charge is 2.22. The lowest BCUT2D eigenvalue weighted by molar-refractivity contribution is 0.101. The Labute approximate surface area is 215 Å². The first kappa shape index (κ1) is 24.3. The van der Waals surface area contributed by atoms with E-state index in [4.69, 9.17) is 4.74 Å². The van der Waals surface area contributed by atoms with Gasteiger partial charge in [0.15, 0.2) is 0 Å². The molecule has 0 atom stereocenters. The van der Waals surface area contributed by atoms with Crippen LogP contribution in [0.25, 0.3) is 0 Å². The zero-order chi connectivity index (χ0) is 25.9. The maximum atomic E-state index is 13.1. The summed E-state index contributed by atoms with van der Waals surface area (Å²) in [6.07, 6.45) is 6.51. The Balaban J connectivity index is 1.28.